The molecule has 32 heavy (non-hydrogen) atoms. The minimum Gasteiger partial charge on any atom is -0.507 e. The third kappa shape index (κ3) is 4.12. The predicted molar refractivity (Wildman–Crippen MR) is 121 cm³/mol. The SMILES string of the molecule is CCCCN1C(=O)C(=O)/C(=C(/O)c2cc(OC)c(Cl)cc2OC)C1c1ccccc1OC. The molecule has 0 bridgehead atoms. The maximum absolute atomic E-state index is 13.2. The van der Waals surface area contributed by atoms with Crippen LogP contribution in [0.15, 0.2) is 42.0 Å². The van der Waals surface area contributed by atoms with Crippen LogP contribution in [0.2, 0.25) is 5.02 Å². The van der Waals surface area contributed by atoms with Gasteiger partial charge in [-0.2, -0.15) is 0 Å². The average Bonchev–Trinajstić information content (AvgIpc) is 3.06. The lowest BCUT2D eigenvalue weighted by molar-refractivity contribution is -0.139. The van der Waals surface area contributed by atoms with Crippen molar-refractivity contribution in [3.63, 3.8) is 0 Å². The number of aliphatic hydroxyl groups excluding tert-OH is 1. The van der Waals surface area contributed by atoms with Crippen LogP contribution in [-0.4, -0.2) is 49.6 Å². The van der Waals surface area contributed by atoms with Gasteiger partial charge in [-0.15, -0.1) is 0 Å². The standard InChI is InChI=1S/C24H26ClNO6/c1-5-6-11-26-21(14-9-7-8-10-17(14)30-2)20(23(28)24(26)29)22(27)15-12-19(32-4)16(25)13-18(15)31-3/h7-10,12-13,21,27H,5-6,11H2,1-4H3/b22-20+. The van der Waals surface area contributed by atoms with E-state index in [4.69, 9.17) is 25.8 Å². The molecule has 1 aliphatic heterocycles. The second kappa shape index (κ2) is 9.96. The molecule has 0 aromatic heterocycles. The third-order valence-electron chi connectivity index (χ3n) is 5.46. The number of hydrogen-bond donors (Lipinski definition) is 1. The van der Waals surface area contributed by atoms with Crippen molar-refractivity contribution in [2.45, 2.75) is 25.8 Å². The van der Waals surface area contributed by atoms with Crippen LogP contribution in [-0.2, 0) is 9.59 Å². The van der Waals surface area contributed by atoms with Gasteiger partial charge in [0.25, 0.3) is 11.7 Å². The molecule has 2 aromatic carbocycles. The Hall–Kier alpha value is -3.19. The summed E-state index contributed by atoms with van der Waals surface area (Å²) in [6.45, 7) is 2.36. The number of halogens is 1. The highest BCUT2D eigenvalue weighted by Crippen LogP contribution is 2.45. The number of Topliss-reactive ketones (excluding diaryl/α,β-unsaturated/α-hetero) is 1. The first kappa shape index (κ1) is 23.5. The predicted octanol–water partition coefficient (Wildman–Crippen LogP) is 4.59. The molecule has 2 aromatic rings. The van der Waals surface area contributed by atoms with E-state index >= 15 is 0 Å². The molecule has 170 valence electrons. The number of unbranched alkanes of at least 4 members (excludes halogenated alkanes) is 1. The Bertz CT molecular complexity index is 1060. The van der Waals surface area contributed by atoms with E-state index in [0.717, 1.165) is 6.42 Å². The summed E-state index contributed by atoms with van der Waals surface area (Å²) in [5.74, 6) is -0.770. The number of amides is 1. The van der Waals surface area contributed by atoms with Crippen LogP contribution in [0, 0.1) is 0 Å². The van der Waals surface area contributed by atoms with E-state index < -0.39 is 17.7 Å². The molecule has 7 nitrogen and oxygen atoms in total. The van der Waals surface area contributed by atoms with Crippen molar-refractivity contribution >= 4 is 29.1 Å². The first-order chi connectivity index (χ1) is 15.4. The van der Waals surface area contributed by atoms with Crippen molar-refractivity contribution in [1.29, 1.82) is 0 Å². The van der Waals surface area contributed by atoms with Crippen LogP contribution >= 0.6 is 11.6 Å². The number of carbonyl (C=O) groups excluding carboxylic acids is 2. The Morgan fingerprint density at radius 1 is 1.03 bits per heavy atom. The Labute approximate surface area is 192 Å². The van der Waals surface area contributed by atoms with Crippen molar-refractivity contribution in [2.24, 2.45) is 0 Å². The lowest BCUT2D eigenvalue weighted by atomic mass is 9.94. The summed E-state index contributed by atoms with van der Waals surface area (Å²) in [6, 6.07) is 9.28. The number of ether oxygens (including phenoxy) is 3. The fraction of sp³-hybridized carbons (Fsp3) is 0.333. The van der Waals surface area contributed by atoms with Gasteiger partial charge in [-0.1, -0.05) is 43.1 Å². The molecule has 1 unspecified atom stereocenters. The van der Waals surface area contributed by atoms with E-state index in [9.17, 15) is 14.7 Å². The second-order valence-corrected chi connectivity index (χ2v) is 7.68. The normalized spacial score (nSPS) is 17.5. The van der Waals surface area contributed by atoms with Gasteiger partial charge in [0.2, 0.25) is 0 Å². The zero-order valence-corrected chi connectivity index (χ0v) is 19.2. The Morgan fingerprint density at radius 2 is 1.69 bits per heavy atom. The molecule has 1 saturated heterocycles. The number of aliphatic hydroxyl groups is 1. The van der Waals surface area contributed by atoms with Gasteiger partial charge in [0.1, 0.15) is 23.0 Å². The highest BCUT2D eigenvalue weighted by molar-refractivity contribution is 6.46. The molecule has 0 radical (unpaired) electrons. The van der Waals surface area contributed by atoms with Gasteiger partial charge in [0, 0.05) is 18.2 Å². The van der Waals surface area contributed by atoms with E-state index in [-0.39, 0.29) is 27.7 Å². The zero-order valence-electron chi connectivity index (χ0n) is 18.5. The molecule has 3 rings (SSSR count). The maximum Gasteiger partial charge on any atom is 0.295 e. The minimum atomic E-state index is -0.816. The minimum absolute atomic E-state index is 0.0433. The first-order valence-corrected chi connectivity index (χ1v) is 10.6. The molecule has 1 atom stereocenters. The molecular weight excluding hydrogens is 434 g/mol. The van der Waals surface area contributed by atoms with Gasteiger partial charge < -0.3 is 24.2 Å². The van der Waals surface area contributed by atoms with Crippen molar-refractivity contribution in [1.82, 2.24) is 4.90 Å². The first-order valence-electron chi connectivity index (χ1n) is 10.2. The van der Waals surface area contributed by atoms with Crippen LogP contribution in [0.4, 0.5) is 0 Å². The monoisotopic (exact) mass is 459 g/mol. The Kier molecular flexibility index (Phi) is 7.30. The lowest BCUT2D eigenvalue weighted by Crippen LogP contribution is -2.30. The highest BCUT2D eigenvalue weighted by atomic mass is 35.5. The topological polar surface area (TPSA) is 85.3 Å². The largest absolute Gasteiger partial charge is 0.507 e. The number of likely N-dealkylation sites (tertiary alicyclic amines) is 1. The summed E-state index contributed by atoms with van der Waals surface area (Å²) in [6.07, 6.45) is 1.54. The van der Waals surface area contributed by atoms with Crippen LogP contribution in [0.5, 0.6) is 17.2 Å². The Morgan fingerprint density at radius 3 is 2.31 bits per heavy atom. The van der Waals surface area contributed by atoms with E-state index in [1.165, 1.54) is 38.4 Å². The molecule has 1 N–H and O–H groups in total. The van der Waals surface area contributed by atoms with E-state index in [2.05, 4.69) is 0 Å². The number of carbonyl (C=O) groups is 2. The maximum atomic E-state index is 13.2. The number of rotatable bonds is 8. The fourth-order valence-electron chi connectivity index (χ4n) is 3.85. The molecule has 0 saturated carbocycles. The fourth-order valence-corrected chi connectivity index (χ4v) is 4.08. The molecule has 1 aliphatic rings. The summed E-state index contributed by atoms with van der Waals surface area (Å²) >= 11 is 6.19. The van der Waals surface area contributed by atoms with Crippen LogP contribution in [0.3, 0.4) is 0 Å². The molecule has 1 fully saturated rings. The van der Waals surface area contributed by atoms with E-state index in [0.29, 0.717) is 30.0 Å². The van der Waals surface area contributed by atoms with Crippen molar-refractivity contribution in [3.05, 3.63) is 58.1 Å². The van der Waals surface area contributed by atoms with E-state index in [1.807, 2.05) is 6.92 Å². The number of hydrogen-bond acceptors (Lipinski definition) is 6. The van der Waals surface area contributed by atoms with Crippen molar-refractivity contribution < 1.29 is 28.9 Å². The van der Waals surface area contributed by atoms with Crippen molar-refractivity contribution in [3.8, 4) is 17.2 Å². The summed E-state index contributed by atoms with van der Waals surface area (Å²) < 4.78 is 16.1. The van der Waals surface area contributed by atoms with Gasteiger partial charge in [0.05, 0.1) is 43.5 Å². The smallest absolute Gasteiger partial charge is 0.295 e. The van der Waals surface area contributed by atoms with Gasteiger partial charge in [-0.05, 0) is 18.6 Å². The van der Waals surface area contributed by atoms with Gasteiger partial charge >= 0.3 is 0 Å². The third-order valence-corrected chi connectivity index (χ3v) is 5.75. The van der Waals surface area contributed by atoms with Crippen LogP contribution < -0.4 is 14.2 Å². The number of ketones is 1. The van der Waals surface area contributed by atoms with Crippen molar-refractivity contribution in [2.75, 3.05) is 27.9 Å². The van der Waals surface area contributed by atoms with Gasteiger partial charge in [0.15, 0.2) is 0 Å². The van der Waals surface area contributed by atoms with Gasteiger partial charge in [-0.3, -0.25) is 9.59 Å². The molecule has 8 heteroatoms. The molecule has 0 spiro atoms. The van der Waals surface area contributed by atoms with Crippen LogP contribution in [0.25, 0.3) is 5.76 Å². The molecule has 0 aliphatic carbocycles. The quantitative estimate of drug-likeness (QED) is 0.353. The number of benzene rings is 2. The zero-order chi connectivity index (χ0) is 23.4. The number of methoxy groups -OCH3 is 3. The van der Waals surface area contributed by atoms with Gasteiger partial charge in [-0.25, -0.2) is 0 Å². The lowest BCUT2D eigenvalue weighted by Gasteiger charge is -2.26. The second-order valence-electron chi connectivity index (χ2n) is 7.28. The summed E-state index contributed by atoms with van der Waals surface area (Å²) in [5, 5.41) is 11.6. The summed E-state index contributed by atoms with van der Waals surface area (Å²) in [7, 11) is 4.38. The highest BCUT2D eigenvalue weighted by Gasteiger charge is 2.47. The van der Waals surface area contributed by atoms with E-state index in [1.54, 1.807) is 24.3 Å². The average molecular weight is 460 g/mol. The van der Waals surface area contributed by atoms with Crippen LogP contribution in [0.1, 0.15) is 36.9 Å². The summed E-state index contributed by atoms with van der Waals surface area (Å²) in [4.78, 5) is 27.6. The molecule has 1 amide bonds. The Balaban J connectivity index is 2.29. The molecule has 1 heterocycles. The summed E-state index contributed by atoms with van der Waals surface area (Å²) in [5.41, 5.74) is 0.757. The number of nitrogens with zero attached hydrogens (tertiary/aromatic N) is 1. The number of para-hydroxylation sites is 1. The molecular formula is C24H26ClNO6.